The Kier molecular flexibility index (Phi) is 4.89. The minimum absolute atomic E-state index is 0.0733. The van der Waals surface area contributed by atoms with Gasteiger partial charge in [-0.15, -0.1) is 0 Å². The second kappa shape index (κ2) is 6.32. The maximum absolute atomic E-state index is 13.5. The van der Waals surface area contributed by atoms with Crippen LogP contribution in [-0.2, 0) is 24.5 Å². The monoisotopic (exact) mass is 406 g/mol. The van der Waals surface area contributed by atoms with Crippen molar-refractivity contribution < 1.29 is 39.3 Å². The van der Waals surface area contributed by atoms with Crippen LogP contribution in [0.2, 0.25) is 0 Å². The first-order valence-corrected chi connectivity index (χ1v) is 10.8. The molecule has 0 heterocycles. The SMILES string of the molecule is O=S(=O)([N-]S(=O)(=O)C(F)(F)C(F)CO)OC1C2CC3CC(C2)CC1C3. The molecule has 0 aromatic heterocycles. The van der Waals surface area contributed by atoms with Crippen molar-refractivity contribution in [3.8, 4) is 0 Å². The van der Waals surface area contributed by atoms with Crippen LogP contribution in [0.25, 0.3) is 4.13 Å². The van der Waals surface area contributed by atoms with Gasteiger partial charge in [-0.25, -0.2) is 21.2 Å². The van der Waals surface area contributed by atoms with Crippen LogP contribution in [0, 0.1) is 23.7 Å². The Hall–Kier alpha value is -0.430. The molecule has 0 amide bonds. The first-order chi connectivity index (χ1) is 11.4. The van der Waals surface area contributed by atoms with Crippen molar-refractivity contribution in [2.45, 2.75) is 49.6 Å². The molecule has 4 aliphatic rings. The van der Waals surface area contributed by atoms with Gasteiger partial charge in [0.05, 0.1) is 12.7 Å². The second-order valence-corrected chi connectivity index (χ2v) is 10.3. The fourth-order valence-corrected chi connectivity index (χ4v) is 7.12. The highest BCUT2D eigenvalue weighted by molar-refractivity contribution is 8.10. The van der Waals surface area contributed by atoms with Crippen LogP contribution in [0.15, 0.2) is 0 Å². The highest BCUT2D eigenvalue weighted by Gasteiger charge is 2.51. The Bertz CT molecular complexity index is 698. The van der Waals surface area contributed by atoms with Crippen LogP contribution in [0.5, 0.6) is 0 Å². The van der Waals surface area contributed by atoms with Crippen LogP contribution < -0.4 is 0 Å². The number of aliphatic hydroxyl groups excluding tert-OH is 1. The highest BCUT2D eigenvalue weighted by atomic mass is 32.3. The molecule has 0 aromatic carbocycles. The van der Waals surface area contributed by atoms with Gasteiger partial charge in [-0.1, -0.05) is 0 Å². The Morgan fingerprint density at radius 1 is 1.04 bits per heavy atom. The average Bonchev–Trinajstić information content (AvgIpc) is 2.48. The lowest BCUT2D eigenvalue weighted by Gasteiger charge is -2.53. The third kappa shape index (κ3) is 3.55. The molecule has 7 nitrogen and oxygen atoms in total. The van der Waals surface area contributed by atoms with Gasteiger partial charge in [-0.05, 0) is 55.8 Å². The van der Waals surface area contributed by atoms with E-state index in [2.05, 4.69) is 4.13 Å². The predicted molar refractivity (Wildman–Crippen MR) is 80.0 cm³/mol. The maximum atomic E-state index is 13.5. The van der Waals surface area contributed by atoms with Crippen LogP contribution in [0.4, 0.5) is 13.2 Å². The lowest BCUT2D eigenvalue weighted by Crippen LogP contribution is -2.50. The molecule has 0 saturated heterocycles. The number of aliphatic hydroxyl groups is 1. The molecule has 12 heteroatoms. The Morgan fingerprint density at radius 3 is 1.96 bits per heavy atom. The average molecular weight is 406 g/mol. The van der Waals surface area contributed by atoms with Gasteiger partial charge < -0.3 is 9.23 Å². The second-order valence-electron chi connectivity index (χ2n) is 7.18. The summed E-state index contributed by atoms with van der Waals surface area (Å²) < 4.78 is 93.7. The van der Waals surface area contributed by atoms with E-state index in [0.29, 0.717) is 11.8 Å². The predicted octanol–water partition coefficient (Wildman–Crippen LogP) is 1.70. The minimum Gasteiger partial charge on any atom is -0.406 e. The first kappa shape index (κ1) is 19.3. The van der Waals surface area contributed by atoms with Gasteiger partial charge in [0.2, 0.25) is 10.3 Å². The highest BCUT2D eigenvalue weighted by Crippen LogP contribution is 2.55. The molecule has 0 aliphatic heterocycles. The molecule has 4 bridgehead atoms. The van der Waals surface area contributed by atoms with E-state index < -0.39 is 44.5 Å². The molecular formula is C13H19F3NO6S2-. The quantitative estimate of drug-likeness (QED) is 0.689. The minimum atomic E-state index is -6.06. The van der Waals surface area contributed by atoms with E-state index in [1.807, 2.05) is 0 Å². The Morgan fingerprint density at radius 2 is 1.52 bits per heavy atom. The summed E-state index contributed by atoms with van der Waals surface area (Å²) in [5.41, 5.74) is 0. The van der Waals surface area contributed by atoms with E-state index in [4.69, 9.17) is 9.29 Å². The number of nitrogens with zero attached hydrogens (tertiary/aromatic N) is 1. The van der Waals surface area contributed by atoms with Crippen LogP contribution >= 0.6 is 0 Å². The molecule has 0 spiro atoms. The molecule has 25 heavy (non-hydrogen) atoms. The van der Waals surface area contributed by atoms with Gasteiger partial charge in [-0.3, -0.25) is 4.18 Å². The van der Waals surface area contributed by atoms with Crippen molar-refractivity contribution in [2.24, 2.45) is 23.7 Å². The zero-order valence-corrected chi connectivity index (χ0v) is 14.7. The molecule has 1 N–H and O–H groups in total. The summed E-state index contributed by atoms with van der Waals surface area (Å²) in [5.74, 6) is 0.838. The Balaban J connectivity index is 1.72. The van der Waals surface area contributed by atoms with E-state index in [9.17, 15) is 30.0 Å². The summed E-state index contributed by atoms with van der Waals surface area (Å²) in [6, 6.07) is 0. The summed E-state index contributed by atoms with van der Waals surface area (Å²) in [4.78, 5) is 0. The number of rotatable bonds is 7. The summed E-state index contributed by atoms with van der Waals surface area (Å²) in [7, 11) is -11.3. The molecule has 4 aliphatic carbocycles. The van der Waals surface area contributed by atoms with Crippen LogP contribution in [-0.4, -0.2) is 46.1 Å². The zero-order chi connectivity index (χ0) is 18.6. The molecule has 0 radical (unpaired) electrons. The van der Waals surface area contributed by atoms with Crippen molar-refractivity contribution in [3.63, 3.8) is 0 Å². The van der Waals surface area contributed by atoms with Gasteiger partial charge in [0.25, 0.3) is 0 Å². The molecule has 0 aromatic rings. The van der Waals surface area contributed by atoms with Crippen molar-refractivity contribution in [3.05, 3.63) is 4.13 Å². The molecule has 4 fully saturated rings. The van der Waals surface area contributed by atoms with Crippen molar-refractivity contribution in [2.75, 3.05) is 6.61 Å². The van der Waals surface area contributed by atoms with Gasteiger partial charge in [0, 0.05) is 0 Å². The molecule has 1 atom stereocenters. The van der Waals surface area contributed by atoms with Crippen molar-refractivity contribution >= 4 is 20.3 Å². The third-order valence-electron chi connectivity index (χ3n) is 5.43. The fraction of sp³-hybridized carbons (Fsp3) is 1.00. The molecule has 4 rings (SSSR count). The van der Waals surface area contributed by atoms with Gasteiger partial charge in [-0.2, -0.15) is 8.78 Å². The van der Waals surface area contributed by atoms with Gasteiger partial charge in [0.1, 0.15) is 0 Å². The first-order valence-electron chi connectivity index (χ1n) is 8.00. The van der Waals surface area contributed by atoms with Crippen molar-refractivity contribution in [1.29, 1.82) is 0 Å². The van der Waals surface area contributed by atoms with E-state index in [0.717, 1.165) is 32.1 Å². The van der Waals surface area contributed by atoms with E-state index in [1.165, 1.54) is 0 Å². The van der Waals surface area contributed by atoms with Crippen LogP contribution in [0.3, 0.4) is 0 Å². The zero-order valence-electron chi connectivity index (χ0n) is 13.1. The van der Waals surface area contributed by atoms with Crippen molar-refractivity contribution in [1.82, 2.24) is 0 Å². The third-order valence-corrected chi connectivity index (χ3v) is 8.36. The van der Waals surface area contributed by atoms with Gasteiger partial charge in [0.15, 0.2) is 16.2 Å². The fourth-order valence-electron chi connectivity index (χ4n) is 4.63. The lowest BCUT2D eigenvalue weighted by molar-refractivity contribution is -0.0759. The molecule has 146 valence electrons. The summed E-state index contributed by atoms with van der Waals surface area (Å²) in [6.45, 7) is -1.79. The van der Waals surface area contributed by atoms with E-state index >= 15 is 0 Å². The topological polar surface area (TPSA) is 112 Å². The number of hydrogen-bond acceptors (Lipinski definition) is 6. The lowest BCUT2D eigenvalue weighted by atomic mass is 9.55. The van der Waals surface area contributed by atoms with E-state index in [-0.39, 0.29) is 11.8 Å². The molecule has 1 unspecified atom stereocenters. The molecule has 4 saturated carbocycles. The van der Waals surface area contributed by atoms with Crippen LogP contribution in [0.1, 0.15) is 32.1 Å². The maximum Gasteiger partial charge on any atom is 0.362 e. The summed E-state index contributed by atoms with van der Waals surface area (Å²) in [5, 5.41) is 3.22. The number of sulfonamides is 1. The molecular weight excluding hydrogens is 387 g/mol. The standard InChI is InChI=1S/C13H19F3NO6S2/c14-11(6-18)13(15,16)24(19,20)17-25(21,22)23-12-9-2-7-1-8(4-9)5-10(12)3-7/h7-12,18H,1-6H2/q-1. The summed E-state index contributed by atoms with van der Waals surface area (Å²) >= 11 is 0. The largest absolute Gasteiger partial charge is 0.406 e. The number of hydrogen-bond donors (Lipinski definition) is 1. The smallest absolute Gasteiger partial charge is 0.362 e. The van der Waals surface area contributed by atoms with Gasteiger partial charge >= 0.3 is 5.25 Å². The Labute approximate surface area is 144 Å². The normalized spacial score (nSPS) is 36.6. The number of halogens is 3. The summed E-state index contributed by atoms with van der Waals surface area (Å²) in [6.07, 6.45) is -0.154. The number of alkyl halides is 3. The van der Waals surface area contributed by atoms with E-state index in [1.54, 1.807) is 0 Å².